The Morgan fingerprint density at radius 3 is 2.60 bits per heavy atom. The third-order valence-corrected chi connectivity index (χ3v) is 2.65. The van der Waals surface area contributed by atoms with Crippen molar-refractivity contribution in [1.82, 2.24) is 9.88 Å². The maximum atomic E-state index is 12.1. The second-order valence-electron chi connectivity index (χ2n) is 5.49. The highest BCUT2D eigenvalue weighted by atomic mass is 16.6. The van der Waals surface area contributed by atoms with Crippen LogP contribution in [0.2, 0.25) is 0 Å². The van der Waals surface area contributed by atoms with Crippen LogP contribution in [0.25, 0.3) is 10.9 Å². The van der Waals surface area contributed by atoms with Crippen molar-refractivity contribution in [3.05, 3.63) is 36.5 Å². The topological polar surface area (TPSA) is 60.3 Å². The highest BCUT2D eigenvalue weighted by Crippen LogP contribution is 2.14. The molecule has 5 heteroatoms. The number of alkyl carbamates (subject to hydrolysis) is 1. The molecule has 2 rings (SSSR count). The molecular formula is C15H18N2O3. The van der Waals surface area contributed by atoms with Crippen molar-refractivity contribution in [2.45, 2.75) is 26.4 Å². The van der Waals surface area contributed by atoms with Crippen LogP contribution >= 0.6 is 0 Å². The van der Waals surface area contributed by atoms with Gasteiger partial charge in [-0.15, -0.1) is 0 Å². The summed E-state index contributed by atoms with van der Waals surface area (Å²) in [6, 6.07) is 9.44. The molecule has 0 bridgehead atoms. The van der Waals surface area contributed by atoms with E-state index in [1.165, 1.54) is 4.57 Å². The number of ether oxygens (including phenoxy) is 1. The van der Waals surface area contributed by atoms with Gasteiger partial charge in [0.2, 0.25) is 0 Å². The van der Waals surface area contributed by atoms with Crippen LogP contribution in [0, 0.1) is 0 Å². The molecule has 0 spiro atoms. The number of rotatable bonds is 2. The molecule has 0 radical (unpaired) electrons. The lowest BCUT2D eigenvalue weighted by atomic mass is 10.2. The zero-order chi connectivity index (χ0) is 14.8. The maximum absolute atomic E-state index is 12.1. The van der Waals surface area contributed by atoms with Gasteiger partial charge < -0.3 is 10.1 Å². The Bertz CT molecular complexity index is 638. The molecule has 1 aromatic heterocycles. The minimum atomic E-state index is -0.595. The summed E-state index contributed by atoms with van der Waals surface area (Å²) in [4.78, 5) is 23.6. The summed E-state index contributed by atoms with van der Waals surface area (Å²) in [6.45, 7) is 5.21. The van der Waals surface area contributed by atoms with Gasteiger partial charge in [0.1, 0.15) is 12.1 Å². The quantitative estimate of drug-likeness (QED) is 0.916. The van der Waals surface area contributed by atoms with Crippen LogP contribution in [0.1, 0.15) is 25.6 Å². The Hall–Kier alpha value is -2.30. The smallest absolute Gasteiger partial charge is 0.408 e. The Kier molecular flexibility index (Phi) is 3.79. The second kappa shape index (κ2) is 5.36. The minimum absolute atomic E-state index is 0.104. The third kappa shape index (κ3) is 3.38. The first-order valence-electron chi connectivity index (χ1n) is 6.43. The number of para-hydroxylation sites is 1. The molecule has 1 heterocycles. The zero-order valence-electron chi connectivity index (χ0n) is 11.8. The molecule has 0 aliphatic carbocycles. The maximum Gasteiger partial charge on any atom is 0.408 e. The molecule has 0 fully saturated rings. The molecule has 2 aromatic rings. The molecule has 20 heavy (non-hydrogen) atoms. The van der Waals surface area contributed by atoms with Crippen LogP contribution in [-0.2, 0) is 4.74 Å². The van der Waals surface area contributed by atoms with Gasteiger partial charge in [0.15, 0.2) is 0 Å². The summed E-state index contributed by atoms with van der Waals surface area (Å²) in [5, 5.41) is 3.44. The SMILES string of the molecule is CC(C)(C)OC(=O)NCC(=O)n1ccc2ccccc21. The van der Waals surface area contributed by atoms with Crippen LogP contribution in [-0.4, -0.2) is 28.7 Å². The fraction of sp³-hybridized carbons (Fsp3) is 0.333. The van der Waals surface area contributed by atoms with Gasteiger partial charge in [0.05, 0.1) is 5.52 Å². The number of hydrogen-bond donors (Lipinski definition) is 1. The molecular weight excluding hydrogens is 256 g/mol. The number of carbonyl (C=O) groups excluding carboxylic acids is 2. The Balaban J connectivity index is 2.01. The number of carbonyl (C=O) groups is 2. The standard InChI is InChI=1S/C15H18N2O3/c1-15(2,3)20-14(19)16-10-13(18)17-9-8-11-6-4-5-7-12(11)17/h4-9H,10H2,1-3H3,(H,16,19). The first-order chi connectivity index (χ1) is 9.37. The molecule has 0 saturated heterocycles. The lowest BCUT2D eigenvalue weighted by Gasteiger charge is -2.19. The van der Waals surface area contributed by atoms with E-state index in [2.05, 4.69) is 5.32 Å². The van der Waals surface area contributed by atoms with E-state index in [4.69, 9.17) is 4.74 Å². The van der Waals surface area contributed by atoms with E-state index in [9.17, 15) is 9.59 Å². The summed E-state index contributed by atoms with van der Waals surface area (Å²) >= 11 is 0. The summed E-state index contributed by atoms with van der Waals surface area (Å²) < 4.78 is 6.60. The Morgan fingerprint density at radius 2 is 1.90 bits per heavy atom. The van der Waals surface area contributed by atoms with Gasteiger partial charge in [-0.2, -0.15) is 0 Å². The predicted molar refractivity (Wildman–Crippen MR) is 76.8 cm³/mol. The van der Waals surface area contributed by atoms with Crippen molar-refractivity contribution in [3.63, 3.8) is 0 Å². The van der Waals surface area contributed by atoms with Crippen LogP contribution in [0.15, 0.2) is 36.5 Å². The van der Waals surface area contributed by atoms with Crippen molar-refractivity contribution >= 4 is 22.9 Å². The zero-order valence-corrected chi connectivity index (χ0v) is 11.8. The number of nitrogens with one attached hydrogen (secondary N) is 1. The van der Waals surface area contributed by atoms with Gasteiger partial charge in [-0.05, 0) is 32.9 Å². The van der Waals surface area contributed by atoms with Gasteiger partial charge in [0.25, 0.3) is 5.91 Å². The van der Waals surface area contributed by atoms with Crippen LogP contribution in [0.4, 0.5) is 4.79 Å². The fourth-order valence-corrected chi connectivity index (χ4v) is 1.85. The van der Waals surface area contributed by atoms with Gasteiger partial charge in [-0.25, -0.2) is 4.79 Å². The molecule has 5 nitrogen and oxygen atoms in total. The highest BCUT2D eigenvalue weighted by Gasteiger charge is 2.17. The predicted octanol–water partition coefficient (Wildman–Crippen LogP) is 2.81. The van der Waals surface area contributed by atoms with E-state index in [0.29, 0.717) is 0 Å². The molecule has 0 aliphatic heterocycles. The molecule has 0 saturated carbocycles. The van der Waals surface area contributed by atoms with Crippen LogP contribution in [0.5, 0.6) is 0 Å². The average molecular weight is 274 g/mol. The Labute approximate surface area is 117 Å². The van der Waals surface area contributed by atoms with Crippen molar-refractivity contribution in [2.75, 3.05) is 6.54 Å². The number of aromatic nitrogens is 1. The summed E-state index contributed by atoms with van der Waals surface area (Å²) in [5.41, 5.74) is 0.247. The van der Waals surface area contributed by atoms with Gasteiger partial charge in [-0.1, -0.05) is 18.2 Å². The molecule has 1 N–H and O–H groups in total. The van der Waals surface area contributed by atoms with Gasteiger partial charge in [0, 0.05) is 11.6 Å². The Morgan fingerprint density at radius 1 is 1.20 bits per heavy atom. The molecule has 1 aromatic carbocycles. The lowest BCUT2D eigenvalue weighted by Crippen LogP contribution is -2.36. The van der Waals surface area contributed by atoms with Crippen molar-refractivity contribution in [1.29, 1.82) is 0 Å². The molecule has 0 aliphatic rings. The summed E-state index contributed by atoms with van der Waals surface area (Å²) in [5.74, 6) is -0.211. The molecule has 106 valence electrons. The summed E-state index contributed by atoms with van der Waals surface area (Å²) in [7, 11) is 0. The largest absolute Gasteiger partial charge is 0.444 e. The van der Waals surface area contributed by atoms with Crippen LogP contribution < -0.4 is 5.32 Å². The lowest BCUT2D eigenvalue weighted by molar-refractivity contribution is 0.0515. The van der Waals surface area contributed by atoms with E-state index < -0.39 is 11.7 Å². The van der Waals surface area contributed by atoms with Crippen molar-refractivity contribution in [3.8, 4) is 0 Å². The number of nitrogens with zero attached hydrogens (tertiary/aromatic N) is 1. The van der Waals surface area contributed by atoms with E-state index in [0.717, 1.165) is 10.9 Å². The first kappa shape index (κ1) is 14.1. The number of fused-ring (bicyclic) bond motifs is 1. The molecule has 1 amide bonds. The van der Waals surface area contributed by atoms with E-state index in [1.807, 2.05) is 30.3 Å². The first-order valence-corrected chi connectivity index (χ1v) is 6.43. The van der Waals surface area contributed by atoms with Crippen LogP contribution in [0.3, 0.4) is 0 Å². The summed E-state index contributed by atoms with van der Waals surface area (Å²) in [6.07, 6.45) is 1.10. The monoisotopic (exact) mass is 274 g/mol. The van der Waals surface area contributed by atoms with Gasteiger partial charge >= 0.3 is 6.09 Å². The fourth-order valence-electron chi connectivity index (χ4n) is 1.85. The van der Waals surface area contributed by atoms with Crippen molar-refractivity contribution in [2.24, 2.45) is 0 Å². The van der Waals surface area contributed by atoms with Crippen molar-refractivity contribution < 1.29 is 14.3 Å². The third-order valence-electron chi connectivity index (χ3n) is 2.65. The number of benzene rings is 1. The molecule has 0 atom stereocenters. The second-order valence-corrected chi connectivity index (χ2v) is 5.49. The average Bonchev–Trinajstić information content (AvgIpc) is 2.78. The number of hydrogen-bond acceptors (Lipinski definition) is 3. The normalized spacial score (nSPS) is 11.3. The highest BCUT2D eigenvalue weighted by molar-refractivity contribution is 5.94. The number of amides is 1. The van der Waals surface area contributed by atoms with E-state index >= 15 is 0 Å². The van der Waals surface area contributed by atoms with E-state index in [1.54, 1.807) is 27.0 Å². The minimum Gasteiger partial charge on any atom is -0.444 e. The van der Waals surface area contributed by atoms with Gasteiger partial charge in [-0.3, -0.25) is 9.36 Å². The van der Waals surface area contributed by atoms with E-state index in [-0.39, 0.29) is 12.5 Å². The molecule has 0 unspecified atom stereocenters.